The summed E-state index contributed by atoms with van der Waals surface area (Å²) in [6.45, 7) is 2.21. The third kappa shape index (κ3) is 2.42. The highest BCUT2D eigenvalue weighted by molar-refractivity contribution is 7.13. The number of rotatable bonds is 2. The predicted octanol–water partition coefficient (Wildman–Crippen LogP) is 3.84. The molecule has 3 aromatic rings. The molecule has 0 unspecified atom stereocenters. The van der Waals surface area contributed by atoms with Gasteiger partial charge in [0.15, 0.2) is 5.82 Å². The van der Waals surface area contributed by atoms with E-state index in [0.717, 1.165) is 30.1 Å². The Morgan fingerprint density at radius 3 is 2.71 bits per heavy atom. The van der Waals surface area contributed by atoms with Gasteiger partial charge in [0.25, 0.3) is 0 Å². The minimum Gasteiger partial charge on any atom is -0.355 e. The molecule has 0 bridgehead atoms. The molecule has 0 radical (unpaired) electrons. The molecule has 0 N–H and O–H groups in total. The monoisotopic (exact) mass is 298 g/mol. The molecule has 1 aliphatic heterocycles. The van der Waals surface area contributed by atoms with Gasteiger partial charge in [-0.1, -0.05) is 18.9 Å². The van der Waals surface area contributed by atoms with Crippen LogP contribution in [-0.2, 0) is 0 Å². The summed E-state index contributed by atoms with van der Waals surface area (Å²) in [5, 5.41) is 6.79. The maximum absolute atomic E-state index is 4.69. The lowest BCUT2D eigenvalue weighted by atomic mass is 10.2. The van der Waals surface area contributed by atoms with Crippen molar-refractivity contribution in [3.63, 3.8) is 0 Å². The van der Waals surface area contributed by atoms with E-state index in [1.807, 2.05) is 16.9 Å². The second-order valence-corrected chi connectivity index (χ2v) is 6.44. The van der Waals surface area contributed by atoms with Crippen molar-refractivity contribution >= 4 is 22.7 Å². The number of hydrogen-bond acceptors (Lipinski definition) is 4. The highest BCUT2D eigenvalue weighted by Gasteiger charge is 2.16. The molecule has 3 aromatic heterocycles. The van der Waals surface area contributed by atoms with Gasteiger partial charge in [-0.15, -0.1) is 11.3 Å². The highest BCUT2D eigenvalue weighted by Crippen LogP contribution is 2.28. The second kappa shape index (κ2) is 5.48. The van der Waals surface area contributed by atoms with Crippen LogP contribution in [0.25, 0.3) is 16.1 Å². The molecule has 1 fully saturated rings. The molecule has 108 valence electrons. The van der Waals surface area contributed by atoms with Crippen molar-refractivity contribution in [1.29, 1.82) is 0 Å². The fourth-order valence-corrected chi connectivity index (χ4v) is 3.66. The van der Waals surface area contributed by atoms with Gasteiger partial charge < -0.3 is 4.90 Å². The van der Waals surface area contributed by atoms with Gasteiger partial charge in [-0.05, 0) is 30.4 Å². The van der Waals surface area contributed by atoms with Crippen molar-refractivity contribution in [3.05, 3.63) is 36.0 Å². The van der Waals surface area contributed by atoms with E-state index < -0.39 is 0 Å². The molecule has 0 amide bonds. The molecule has 0 aliphatic carbocycles. The molecule has 0 atom stereocenters. The summed E-state index contributed by atoms with van der Waals surface area (Å²) in [5.74, 6) is 1.08. The molecule has 0 aromatic carbocycles. The van der Waals surface area contributed by atoms with E-state index in [9.17, 15) is 0 Å². The molecule has 4 nitrogen and oxygen atoms in total. The van der Waals surface area contributed by atoms with Gasteiger partial charge in [-0.2, -0.15) is 5.10 Å². The fraction of sp³-hybridized carbons (Fsp3) is 0.375. The van der Waals surface area contributed by atoms with E-state index in [1.54, 1.807) is 11.3 Å². The van der Waals surface area contributed by atoms with Crippen LogP contribution in [0, 0.1) is 0 Å². The Bertz CT molecular complexity index is 724. The van der Waals surface area contributed by atoms with Crippen LogP contribution in [0.5, 0.6) is 0 Å². The second-order valence-electron chi connectivity index (χ2n) is 5.49. The summed E-state index contributed by atoms with van der Waals surface area (Å²) in [4.78, 5) is 8.26. The van der Waals surface area contributed by atoms with Crippen molar-refractivity contribution < 1.29 is 0 Å². The molecule has 5 heteroatoms. The first kappa shape index (κ1) is 12.8. The minimum absolute atomic E-state index is 1.04. The van der Waals surface area contributed by atoms with Crippen LogP contribution in [0.1, 0.15) is 25.7 Å². The normalized spacial score (nSPS) is 16.3. The SMILES string of the molecule is c1csc(-c2cc3c(N4CCCCCC4)nccn3n2)c1. The fourth-order valence-electron chi connectivity index (χ4n) is 2.98. The summed E-state index contributed by atoms with van der Waals surface area (Å²) in [6, 6.07) is 6.35. The van der Waals surface area contributed by atoms with Gasteiger partial charge in [-0.3, -0.25) is 0 Å². The topological polar surface area (TPSA) is 33.4 Å². The lowest BCUT2D eigenvalue weighted by Crippen LogP contribution is -2.25. The molecular weight excluding hydrogens is 280 g/mol. The summed E-state index contributed by atoms with van der Waals surface area (Å²) in [7, 11) is 0. The Labute approximate surface area is 128 Å². The van der Waals surface area contributed by atoms with E-state index in [0.29, 0.717) is 0 Å². The number of anilines is 1. The maximum Gasteiger partial charge on any atom is 0.154 e. The van der Waals surface area contributed by atoms with Gasteiger partial charge in [0.05, 0.1) is 4.88 Å². The number of hydrogen-bond donors (Lipinski definition) is 0. The van der Waals surface area contributed by atoms with Crippen LogP contribution in [-0.4, -0.2) is 27.7 Å². The van der Waals surface area contributed by atoms with E-state index in [1.165, 1.54) is 30.6 Å². The lowest BCUT2D eigenvalue weighted by molar-refractivity contribution is 0.726. The quantitative estimate of drug-likeness (QED) is 0.721. The van der Waals surface area contributed by atoms with Crippen molar-refractivity contribution in [3.8, 4) is 10.6 Å². The zero-order chi connectivity index (χ0) is 14.1. The molecule has 21 heavy (non-hydrogen) atoms. The van der Waals surface area contributed by atoms with Crippen LogP contribution in [0.15, 0.2) is 36.0 Å². The Morgan fingerprint density at radius 2 is 1.95 bits per heavy atom. The van der Waals surface area contributed by atoms with E-state index >= 15 is 0 Å². The van der Waals surface area contributed by atoms with E-state index in [-0.39, 0.29) is 0 Å². The van der Waals surface area contributed by atoms with E-state index in [4.69, 9.17) is 5.10 Å². The number of aromatic nitrogens is 3. The minimum atomic E-state index is 1.04. The first-order chi connectivity index (χ1) is 10.4. The van der Waals surface area contributed by atoms with Gasteiger partial charge in [0, 0.05) is 25.5 Å². The van der Waals surface area contributed by atoms with Crippen molar-refractivity contribution in [1.82, 2.24) is 14.6 Å². The zero-order valence-electron chi connectivity index (χ0n) is 11.9. The zero-order valence-corrected chi connectivity index (χ0v) is 12.7. The molecule has 0 saturated carbocycles. The average molecular weight is 298 g/mol. The Balaban J connectivity index is 1.78. The van der Waals surface area contributed by atoms with E-state index in [2.05, 4.69) is 33.5 Å². The Kier molecular flexibility index (Phi) is 3.35. The van der Waals surface area contributed by atoms with Crippen molar-refractivity contribution in [2.24, 2.45) is 0 Å². The largest absolute Gasteiger partial charge is 0.355 e. The highest BCUT2D eigenvalue weighted by atomic mass is 32.1. The summed E-state index contributed by atoms with van der Waals surface area (Å²) in [6.07, 6.45) is 8.98. The first-order valence-corrected chi connectivity index (χ1v) is 8.43. The smallest absolute Gasteiger partial charge is 0.154 e. The van der Waals surface area contributed by atoms with Crippen LogP contribution in [0.2, 0.25) is 0 Å². The number of fused-ring (bicyclic) bond motifs is 1. The standard InChI is InChI=1S/C16H18N4S/c1-2-4-9-19(8-3-1)16-14-12-13(15-6-5-11-21-15)18-20(14)10-7-17-16/h5-7,10-12H,1-4,8-9H2. The molecule has 4 heterocycles. The average Bonchev–Trinajstić information content (AvgIpc) is 3.10. The first-order valence-electron chi connectivity index (χ1n) is 7.55. The van der Waals surface area contributed by atoms with Crippen LogP contribution in [0.4, 0.5) is 5.82 Å². The van der Waals surface area contributed by atoms with Crippen molar-refractivity contribution in [2.45, 2.75) is 25.7 Å². The van der Waals surface area contributed by atoms with Crippen LogP contribution >= 0.6 is 11.3 Å². The molecule has 0 spiro atoms. The number of thiophene rings is 1. The number of nitrogens with zero attached hydrogens (tertiary/aromatic N) is 4. The summed E-state index contributed by atoms with van der Waals surface area (Å²) >= 11 is 1.73. The molecule has 4 rings (SSSR count). The van der Waals surface area contributed by atoms with Gasteiger partial charge >= 0.3 is 0 Å². The predicted molar refractivity (Wildman–Crippen MR) is 87.0 cm³/mol. The molecule has 1 saturated heterocycles. The maximum atomic E-state index is 4.69. The molecule has 1 aliphatic rings. The summed E-state index contributed by atoms with van der Waals surface area (Å²) < 4.78 is 1.96. The molecular formula is C16H18N4S. The van der Waals surface area contributed by atoms with Crippen molar-refractivity contribution in [2.75, 3.05) is 18.0 Å². The third-order valence-electron chi connectivity index (χ3n) is 4.05. The lowest BCUT2D eigenvalue weighted by Gasteiger charge is -2.21. The Morgan fingerprint density at radius 1 is 1.10 bits per heavy atom. The van der Waals surface area contributed by atoms with Gasteiger partial charge in [0.1, 0.15) is 11.2 Å². The summed E-state index contributed by atoms with van der Waals surface area (Å²) in [5.41, 5.74) is 2.15. The van der Waals surface area contributed by atoms with Crippen LogP contribution < -0.4 is 4.90 Å². The third-order valence-corrected chi connectivity index (χ3v) is 4.94. The Hall–Kier alpha value is -1.88. The van der Waals surface area contributed by atoms with Gasteiger partial charge in [0.2, 0.25) is 0 Å². The van der Waals surface area contributed by atoms with Crippen LogP contribution in [0.3, 0.4) is 0 Å². The van der Waals surface area contributed by atoms with Gasteiger partial charge in [-0.25, -0.2) is 9.50 Å².